The van der Waals surface area contributed by atoms with Crippen LogP contribution in [0.2, 0.25) is 0 Å². The number of aliphatic hydroxyl groups excluding tert-OH is 1. The van der Waals surface area contributed by atoms with Crippen LogP contribution in [-0.4, -0.2) is 71.3 Å². The maximum atomic E-state index is 17.8. The van der Waals surface area contributed by atoms with E-state index in [1.54, 1.807) is 19.9 Å². The highest BCUT2D eigenvalue weighted by Gasteiger charge is 2.78. The third-order valence-electron chi connectivity index (χ3n) is 11.5. The Hall–Kier alpha value is -3.77. The van der Waals surface area contributed by atoms with Crippen molar-refractivity contribution in [2.75, 3.05) is 20.0 Å². The van der Waals surface area contributed by atoms with E-state index >= 15 is 8.78 Å². The van der Waals surface area contributed by atoms with Gasteiger partial charge in [-0.05, 0) is 74.1 Å². The number of carbonyl (C=O) groups is 4. The van der Waals surface area contributed by atoms with E-state index in [4.69, 9.17) is 18.6 Å². The van der Waals surface area contributed by atoms with E-state index in [-0.39, 0.29) is 41.9 Å². The number of methoxy groups -OCH3 is 2. The number of fused-ring (bicyclic) bond motifs is 5. The van der Waals surface area contributed by atoms with Crippen molar-refractivity contribution in [2.45, 2.75) is 63.6 Å². The summed E-state index contributed by atoms with van der Waals surface area (Å²) in [5, 5.41) is 11.2. The lowest BCUT2D eigenvalue weighted by Gasteiger charge is -2.63. The molecule has 6 rings (SSSR count). The number of halogens is 2. The number of esters is 1. The molecule has 48 heavy (non-hydrogen) atoms. The Balaban J connectivity index is 1.39. The Morgan fingerprint density at radius 2 is 1.77 bits per heavy atom. The highest BCUT2D eigenvalue weighted by molar-refractivity contribution is 8.14. The number of alkyl halides is 2. The average molecular weight is 685 g/mol. The molecule has 9 atom stereocenters. The van der Waals surface area contributed by atoms with Crippen LogP contribution in [0.3, 0.4) is 0 Å². The zero-order chi connectivity index (χ0) is 34.8. The topological polar surface area (TPSA) is 129 Å². The van der Waals surface area contributed by atoms with Crippen LogP contribution in [0.4, 0.5) is 8.78 Å². The Kier molecular flexibility index (Phi) is 8.51. The summed E-state index contributed by atoms with van der Waals surface area (Å²) in [5.41, 5.74) is -7.13. The van der Waals surface area contributed by atoms with Crippen LogP contribution < -0.4 is 9.47 Å². The molecular weight excluding hydrogens is 646 g/mol. The van der Waals surface area contributed by atoms with Gasteiger partial charge in [0, 0.05) is 34.3 Å². The number of thioether (sulfide) groups is 1. The summed E-state index contributed by atoms with van der Waals surface area (Å²) in [6.45, 7) is 4.88. The summed E-state index contributed by atoms with van der Waals surface area (Å²) in [6, 6.07) is 7.51. The fraction of sp³-hybridized carbons (Fsp3) is 0.500. The van der Waals surface area contributed by atoms with Gasteiger partial charge in [0.1, 0.15) is 17.7 Å². The number of furan rings is 1. The Morgan fingerprint density at radius 3 is 2.40 bits per heavy atom. The number of ketones is 2. The van der Waals surface area contributed by atoms with Gasteiger partial charge in [-0.15, -0.1) is 0 Å². The first-order valence-electron chi connectivity index (χ1n) is 15.8. The fourth-order valence-corrected chi connectivity index (χ4v) is 10.2. The average Bonchev–Trinajstić information content (AvgIpc) is 3.68. The molecule has 0 aliphatic heterocycles. The fourth-order valence-electron chi connectivity index (χ4n) is 9.10. The highest BCUT2D eigenvalue weighted by Crippen LogP contribution is 2.72. The molecule has 0 spiro atoms. The third kappa shape index (κ3) is 4.80. The molecule has 0 radical (unpaired) electrons. The molecule has 0 saturated heterocycles. The molecular formula is C36H38F2O9S. The van der Waals surface area contributed by atoms with Gasteiger partial charge < -0.3 is 23.7 Å². The van der Waals surface area contributed by atoms with Crippen molar-refractivity contribution in [1.29, 1.82) is 0 Å². The van der Waals surface area contributed by atoms with E-state index in [9.17, 15) is 24.3 Å². The van der Waals surface area contributed by atoms with Crippen molar-refractivity contribution in [3.63, 3.8) is 0 Å². The van der Waals surface area contributed by atoms with Crippen LogP contribution in [0, 0.1) is 28.6 Å². The number of carbonyl (C=O) groups excluding carboxylic acids is 4. The van der Waals surface area contributed by atoms with Gasteiger partial charge in [-0.1, -0.05) is 31.7 Å². The minimum Gasteiger partial charge on any atom is -0.497 e. The van der Waals surface area contributed by atoms with Crippen molar-refractivity contribution < 1.29 is 51.7 Å². The van der Waals surface area contributed by atoms with Gasteiger partial charge in [-0.3, -0.25) is 14.4 Å². The second kappa shape index (κ2) is 12.0. The van der Waals surface area contributed by atoms with Crippen LogP contribution in [0.5, 0.6) is 11.5 Å². The molecule has 9 nitrogen and oxygen atoms in total. The molecule has 1 N–H and O–H groups in total. The molecule has 2 aromatic rings. The van der Waals surface area contributed by atoms with Crippen LogP contribution in [0.15, 0.2) is 64.8 Å². The van der Waals surface area contributed by atoms with Crippen LogP contribution >= 0.6 is 11.8 Å². The maximum absolute atomic E-state index is 17.8. The van der Waals surface area contributed by atoms with Gasteiger partial charge in [-0.25, -0.2) is 13.6 Å². The van der Waals surface area contributed by atoms with E-state index in [2.05, 4.69) is 0 Å². The summed E-state index contributed by atoms with van der Waals surface area (Å²) in [6.07, 6.45) is 1.07. The first-order chi connectivity index (χ1) is 22.7. The lowest BCUT2D eigenvalue weighted by Crippen LogP contribution is -2.70. The molecule has 1 aromatic carbocycles. The zero-order valence-electron chi connectivity index (χ0n) is 27.3. The quantitative estimate of drug-likeness (QED) is 0.265. The van der Waals surface area contributed by atoms with Gasteiger partial charge in [0.25, 0.3) is 0 Å². The largest absolute Gasteiger partial charge is 0.497 e. The number of hydrogen-bond acceptors (Lipinski definition) is 10. The van der Waals surface area contributed by atoms with Gasteiger partial charge >= 0.3 is 5.97 Å². The van der Waals surface area contributed by atoms with E-state index in [1.165, 1.54) is 63.8 Å². The van der Waals surface area contributed by atoms with E-state index in [1.807, 2.05) is 0 Å². The lowest BCUT2D eigenvalue weighted by atomic mass is 9.44. The van der Waals surface area contributed by atoms with Crippen molar-refractivity contribution in [3.05, 3.63) is 71.7 Å². The van der Waals surface area contributed by atoms with Crippen LogP contribution in [0.1, 0.15) is 60.9 Å². The number of allylic oxidation sites excluding steroid dienone is 4. The smallest absolute Gasteiger partial charge is 0.375 e. The third-order valence-corrected chi connectivity index (χ3v) is 12.4. The summed E-state index contributed by atoms with van der Waals surface area (Å²) in [4.78, 5) is 53.8. The summed E-state index contributed by atoms with van der Waals surface area (Å²) in [5.74, 6) is -4.09. The minimum absolute atomic E-state index is 0.0164. The molecule has 0 unspecified atom stereocenters. The predicted octanol–water partition coefficient (Wildman–Crippen LogP) is 5.90. The van der Waals surface area contributed by atoms with Gasteiger partial charge in [-0.2, -0.15) is 0 Å². The summed E-state index contributed by atoms with van der Waals surface area (Å²) in [7, 11) is 2.89. The zero-order valence-corrected chi connectivity index (χ0v) is 28.1. The predicted molar refractivity (Wildman–Crippen MR) is 171 cm³/mol. The highest BCUT2D eigenvalue weighted by atomic mass is 32.2. The lowest BCUT2D eigenvalue weighted by molar-refractivity contribution is -0.221. The number of rotatable bonds is 8. The van der Waals surface area contributed by atoms with Gasteiger partial charge in [0.2, 0.25) is 10.9 Å². The van der Waals surface area contributed by atoms with Crippen molar-refractivity contribution in [2.24, 2.45) is 28.6 Å². The number of Topliss-reactive ketones (excluding diaryl/α,β-unsaturated/α-hetero) is 1. The first-order valence-corrected chi connectivity index (χ1v) is 16.8. The number of hydrogen-bond donors (Lipinski definition) is 1. The molecule has 1 aromatic heterocycles. The summed E-state index contributed by atoms with van der Waals surface area (Å²) >= 11 is 0.662. The van der Waals surface area contributed by atoms with Gasteiger partial charge in [0.05, 0.1) is 32.3 Å². The van der Waals surface area contributed by atoms with Gasteiger partial charge in [0.15, 0.2) is 22.8 Å². The molecule has 0 amide bonds. The molecule has 3 fully saturated rings. The molecule has 1 heterocycles. The van der Waals surface area contributed by atoms with Crippen molar-refractivity contribution in [1.82, 2.24) is 0 Å². The molecule has 3 saturated carbocycles. The van der Waals surface area contributed by atoms with Crippen LogP contribution in [-0.2, 0) is 14.3 Å². The van der Waals surface area contributed by atoms with Crippen molar-refractivity contribution in [3.8, 4) is 11.5 Å². The Labute approximate surface area is 281 Å². The van der Waals surface area contributed by atoms with E-state index in [0.717, 1.165) is 6.08 Å². The molecule has 256 valence electrons. The Morgan fingerprint density at radius 1 is 1.08 bits per heavy atom. The molecule has 4 aliphatic rings. The van der Waals surface area contributed by atoms with E-state index < -0.39 is 74.8 Å². The number of aliphatic hydroxyl groups is 1. The number of benzene rings is 1. The number of ether oxygens (including phenoxy) is 3. The molecule has 0 bridgehead atoms. The van der Waals surface area contributed by atoms with Crippen molar-refractivity contribution >= 4 is 34.4 Å². The van der Waals surface area contributed by atoms with Crippen LogP contribution in [0.25, 0.3) is 0 Å². The first kappa shape index (κ1) is 34.1. The molecule has 4 aliphatic carbocycles. The maximum Gasteiger partial charge on any atom is 0.375 e. The Bertz CT molecular complexity index is 1700. The van der Waals surface area contributed by atoms with E-state index in [0.29, 0.717) is 23.3 Å². The normalized spacial score (nSPS) is 36.7. The minimum atomic E-state index is -2.39. The second-order valence-corrected chi connectivity index (χ2v) is 14.6. The standard InChI is InChI=1S/C36H38F2O9S/c1-19-11-24-25-16-27(37)26-14-21(39)8-9-33(26,2)35(25,38)30(41)17-34(24,3)36(19,47-31(42)29-7-6-10-46-29)32(43)48-18-28(40)20-12-22(44-4)15-23(13-20)45-5/h6-10,12-15,19,24-25,27,30,41H,11,16-18H2,1-5H3/t19-,24+,25+,27+,30+,33+,34+,35+,36+/m1/s1. The SMILES string of the molecule is COc1cc(OC)cc(C(=O)CSC(=O)[C@@]2(OC(=O)c3ccco3)[C@H](C)C[C@H]3[C@@H]4C[C@H](F)C5=CC(=O)C=C[C@]5(C)[C@@]4(F)[C@@H](O)C[C@@]32C)c1. The second-order valence-electron chi connectivity index (χ2n) is 13.7. The monoisotopic (exact) mass is 684 g/mol. The summed E-state index contributed by atoms with van der Waals surface area (Å²) < 4.78 is 55.8. The molecule has 12 heteroatoms.